The van der Waals surface area contributed by atoms with Crippen LogP contribution in [0.15, 0.2) is 42.5 Å². The van der Waals surface area contributed by atoms with Gasteiger partial charge < -0.3 is 0 Å². The van der Waals surface area contributed by atoms with Gasteiger partial charge >= 0.3 is 0 Å². The van der Waals surface area contributed by atoms with Gasteiger partial charge in [0.05, 0.1) is 0 Å². The van der Waals surface area contributed by atoms with Crippen molar-refractivity contribution in [2.75, 3.05) is 0 Å². The van der Waals surface area contributed by atoms with Gasteiger partial charge in [-0.15, -0.1) is 0 Å². The van der Waals surface area contributed by atoms with E-state index in [0.717, 1.165) is 23.1 Å². The van der Waals surface area contributed by atoms with Crippen LogP contribution in [0, 0.1) is 13.8 Å². The zero-order valence-electron chi connectivity index (χ0n) is 14.5. The molecule has 2 aromatic rings. The maximum absolute atomic E-state index is 12.1. The smallest absolute Gasteiger partial charge is 0.269 e. The lowest BCUT2D eigenvalue weighted by Gasteiger charge is -2.10. The highest BCUT2D eigenvalue weighted by Crippen LogP contribution is 2.10. The number of nitrogens with one attached hydrogen (secondary N) is 2. The second-order valence-electron chi connectivity index (χ2n) is 5.99. The Morgan fingerprint density at radius 1 is 0.917 bits per heavy atom. The number of rotatable bonds is 5. The lowest BCUT2D eigenvalue weighted by Crippen LogP contribution is -2.41. The van der Waals surface area contributed by atoms with E-state index in [9.17, 15) is 9.59 Å². The Kier molecular flexibility index (Phi) is 6.13. The van der Waals surface area contributed by atoms with E-state index in [2.05, 4.69) is 29.9 Å². The molecule has 24 heavy (non-hydrogen) atoms. The Balaban J connectivity index is 1.80. The number of hydrogen-bond donors (Lipinski definition) is 2. The van der Waals surface area contributed by atoms with Crippen LogP contribution in [-0.4, -0.2) is 11.8 Å². The van der Waals surface area contributed by atoms with E-state index in [1.54, 1.807) is 6.07 Å². The van der Waals surface area contributed by atoms with Gasteiger partial charge in [0.2, 0.25) is 5.91 Å². The van der Waals surface area contributed by atoms with Crippen molar-refractivity contribution in [2.45, 2.75) is 40.0 Å². The molecule has 2 N–H and O–H groups in total. The van der Waals surface area contributed by atoms with Crippen LogP contribution in [0.4, 0.5) is 0 Å². The van der Waals surface area contributed by atoms with Gasteiger partial charge in [0.25, 0.3) is 5.91 Å². The molecule has 2 aromatic carbocycles. The highest BCUT2D eigenvalue weighted by Gasteiger charge is 2.10. The molecule has 0 saturated heterocycles. The third kappa shape index (κ3) is 4.95. The number of carbonyl (C=O) groups is 2. The van der Waals surface area contributed by atoms with Crippen molar-refractivity contribution in [3.05, 3.63) is 70.3 Å². The van der Waals surface area contributed by atoms with Crippen molar-refractivity contribution < 1.29 is 9.59 Å². The van der Waals surface area contributed by atoms with Gasteiger partial charge in [-0.3, -0.25) is 20.4 Å². The van der Waals surface area contributed by atoms with Gasteiger partial charge in [-0.2, -0.15) is 0 Å². The Morgan fingerprint density at radius 3 is 2.21 bits per heavy atom. The molecule has 2 rings (SSSR count). The average Bonchev–Trinajstić information content (AvgIpc) is 2.58. The van der Waals surface area contributed by atoms with Crippen molar-refractivity contribution in [3.8, 4) is 0 Å². The van der Waals surface area contributed by atoms with Gasteiger partial charge in [-0.05, 0) is 49.4 Å². The molecule has 0 aliphatic carbocycles. The quantitative estimate of drug-likeness (QED) is 0.829. The van der Waals surface area contributed by atoms with E-state index in [0.29, 0.717) is 18.4 Å². The molecule has 0 radical (unpaired) electrons. The van der Waals surface area contributed by atoms with Crippen LogP contribution in [0.25, 0.3) is 0 Å². The number of aryl methyl sites for hydroxylation is 4. The van der Waals surface area contributed by atoms with Gasteiger partial charge in [0.1, 0.15) is 0 Å². The highest BCUT2D eigenvalue weighted by molar-refractivity contribution is 5.96. The molecular weight excluding hydrogens is 300 g/mol. The topological polar surface area (TPSA) is 58.2 Å². The Labute approximate surface area is 143 Å². The molecule has 0 fully saturated rings. The molecule has 0 aliphatic rings. The van der Waals surface area contributed by atoms with Crippen molar-refractivity contribution >= 4 is 11.8 Å². The van der Waals surface area contributed by atoms with Crippen molar-refractivity contribution in [2.24, 2.45) is 0 Å². The molecule has 0 aromatic heterocycles. The fourth-order valence-electron chi connectivity index (χ4n) is 2.52. The zero-order chi connectivity index (χ0) is 17.5. The molecule has 0 heterocycles. The van der Waals surface area contributed by atoms with Crippen LogP contribution < -0.4 is 10.9 Å². The monoisotopic (exact) mass is 324 g/mol. The second kappa shape index (κ2) is 8.29. The summed E-state index contributed by atoms with van der Waals surface area (Å²) in [6, 6.07) is 13.8. The van der Waals surface area contributed by atoms with Gasteiger partial charge in [-0.25, -0.2) is 0 Å². The molecule has 0 unspecified atom stereocenters. The maximum atomic E-state index is 12.1. The Morgan fingerprint density at radius 2 is 1.58 bits per heavy atom. The summed E-state index contributed by atoms with van der Waals surface area (Å²) in [6.07, 6.45) is 1.99. The number of hydrogen-bond acceptors (Lipinski definition) is 2. The van der Waals surface area contributed by atoms with E-state index in [1.807, 2.05) is 38.1 Å². The fraction of sp³-hybridized carbons (Fsp3) is 0.300. The lowest BCUT2D eigenvalue weighted by molar-refractivity contribution is -0.121. The van der Waals surface area contributed by atoms with E-state index in [1.165, 1.54) is 5.56 Å². The van der Waals surface area contributed by atoms with E-state index in [-0.39, 0.29) is 11.8 Å². The SMILES string of the molecule is CCc1ccc(CCC(=O)NNC(=O)c2ccc(C)cc2C)cc1. The number of amides is 2. The second-order valence-corrected chi connectivity index (χ2v) is 5.99. The third-order valence-corrected chi connectivity index (χ3v) is 4.01. The van der Waals surface area contributed by atoms with Crippen molar-refractivity contribution in [1.29, 1.82) is 0 Å². The number of carbonyl (C=O) groups excluding carboxylic acids is 2. The zero-order valence-corrected chi connectivity index (χ0v) is 14.5. The molecule has 2 amide bonds. The van der Waals surface area contributed by atoms with Crippen molar-refractivity contribution in [1.82, 2.24) is 10.9 Å². The predicted octanol–water partition coefficient (Wildman–Crippen LogP) is 3.26. The maximum Gasteiger partial charge on any atom is 0.269 e. The summed E-state index contributed by atoms with van der Waals surface area (Å²) in [5, 5.41) is 0. The van der Waals surface area contributed by atoms with Crippen LogP contribution in [0.3, 0.4) is 0 Å². The van der Waals surface area contributed by atoms with Crippen LogP contribution >= 0.6 is 0 Å². The minimum Gasteiger partial charge on any atom is -0.273 e. The summed E-state index contributed by atoms with van der Waals surface area (Å²) < 4.78 is 0. The Bertz CT molecular complexity index is 721. The molecule has 0 atom stereocenters. The van der Waals surface area contributed by atoms with Gasteiger partial charge in [0, 0.05) is 12.0 Å². The van der Waals surface area contributed by atoms with Crippen LogP contribution in [0.2, 0.25) is 0 Å². The lowest BCUT2D eigenvalue weighted by atomic mass is 10.1. The molecule has 4 heteroatoms. The summed E-state index contributed by atoms with van der Waals surface area (Å²) >= 11 is 0. The van der Waals surface area contributed by atoms with Crippen molar-refractivity contribution in [3.63, 3.8) is 0 Å². The molecule has 0 saturated carbocycles. The molecule has 0 bridgehead atoms. The molecule has 4 nitrogen and oxygen atoms in total. The van der Waals surface area contributed by atoms with E-state index in [4.69, 9.17) is 0 Å². The standard InChI is InChI=1S/C20H24N2O2/c1-4-16-6-8-17(9-7-16)10-12-19(23)21-22-20(24)18-11-5-14(2)13-15(18)3/h5-9,11,13H,4,10,12H2,1-3H3,(H,21,23)(H,22,24). The number of benzene rings is 2. The first-order chi connectivity index (χ1) is 11.5. The molecular formula is C20H24N2O2. The van der Waals surface area contributed by atoms with Gasteiger partial charge in [-0.1, -0.05) is 48.9 Å². The van der Waals surface area contributed by atoms with Crippen LogP contribution in [0.5, 0.6) is 0 Å². The number of hydrazine groups is 1. The molecule has 0 aliphatic heterocycles. The van der Waals surface area contributed by atoms with Crippen LogP contribution in [-0.2, 0) is 17.6 Å². The summed E-state index contributed by atoms with van der Waals surface area (Å²) in [5.74, 6) is -0.499. The summed E-state index contributed by atoms with van der Waals surface area (Å²) in [6.45, 7) is 5.97. The summed E-state index contributed by atoms with van der Waals surface area (Å²) in [7, 11) is 0. The predicted molar refractivity (Wildman–Crippen MR) is 95.7 cm³/mol. The minimum atomic E-state index is -0.298. The van der Waals surface area contributed by atoms with E-state index < -0.39 is 0 Å². The summed E-state index contributed by atoms with van der Waals surface area (Å²) in [4.78, 5) is 24.0. The van der Waals surface area contributed by atoms with Crippen LogP contribution in [0.1, 0.15) is 46.0 Å². The highest BCUT2D eigenvalue weighted by atomic mass is 16.2. The van der Waals surface area contributed by atoms with Gasteiger partial charge in [0.15, 0.2) is 0 Å². The molecule has 126 valence electrons. The normalized spacial score (nSPS) is 10.3. The largest absolute Gasteiger partial charge is 0.273 e. The van der Waals surface area contributed by atoms with E-state index >= 15 is 0 Å². The fourth-order valence-corrected chi connectivity index (χ4v) is 2.52. The first-order valence-corrected chi connectivity index (χ1v) is 8.24. The molecule has 0 spiro atoms. The summed E-state index contributed by atoms with van der Waals surface area (Å²) in [5.41, 5.74) is 9.90. The first kappa shape index (κ1) is 17.7. The first-order valence-electron chi connectivity index (χ1n) is 8.24. The minimum absolute atomic E-state index is 0.201. The third-order valence-electron chi connectivity index (χ3n) is 4.01. The average molecular weight is 324 g/mol. The Hall–Kier alpha value is -2.62.